The largest absolute Gasteiger partial charge is 0.497 e. The van der Waals surface area contributed by atoms with E-state index in [9.17, 15) is 4.79 Å². The molecule has 2 amide bonds. The Balaban J connectivity index is 1.86. The van der Waals surface area contributed by atoms with Crippen molar-refractivity contribution in [3.63, 3.8) is 0 Å². The van der Waals surface area contributed by atoms with Gasteiger partial charge in [-0.15, -0.1) is 0 Å². The Hall–Kier alpha value is -2.20. The Morgan fingerprint density at radius 2 is 1.86 bits per heavy atom. The van der Waals surface area contributed by atoms with E-state index in [1.165, 1.54) is 0 Å². The van der Waals surface area contributed by atoms with Gasteiger partial charge in [-0.2, -0.15) is 0 Å². The summed E-state index contributed by atoms with van der Waals surface area (Å²) in [6.07, 6.45) is 0. The fraction of sp³-hybridized carbons (Fsp3) is 0.235. The number of amides is 2. The molecule has 0 saturated carbocycles. The maximum atomic E-state index is 11.9. The molecule has 2 rings (SSSR count). The van der Waals surface area contributed by atoms with Crippen molar-refractivity contribution in [2.24, 2.45) is 0 Å². The summed E-state index contributed by atoms with van der Waals surface area (Å²) in [5, 5.41) is 6.34. The number of carbonyl (C=O) groups excluding carboxylic acids is 1. The topological polar surface area (TPSA) is 50.4 Å². The summed E-state index contributed by atoms with van der Waals surface area (Å²) >= 11 is 6.12. The molecule has 0 spiro atoms. The molecule has 0 aromatic heterocycles. The van der Waals surface area contributed by atoms with E-state index in [0.29, 0.717) is 11.6 Å². The number of rotatable bonds is 5. The second-order valence-electron chi connectivity index (χ2n) is 4.92. The number of hydrogen-bond acceptors (Lipinski definition) is 2. The van der Waals surface area contributed by atoms with Gasteiger partial charge in [-0.3, -0.25) is 0 Å². The number of benzene rings is 2. The minimum atomic E-state index is -0.233. The number of methoxy groups -OCH3 is 1. The first-order valence-electron chi connectivity index (χ1n) is 7.02. The smallest absolute Gasteiger partial charge is 0.315 e. The van der Waals surface area contributed by atoms with Crippen molar-refractivity contribution in [3.05, 3.63) is 64.7 Å². The molecule has 2 aromatic rings. The average Bonchev–Trinajstić information content (AvgIpc) is 2.53. The summed E-state index contributed by atoms with van der Waals surface area (Å²) in [6, 6.07) is 14.6. The van der Waals surface area contributed by atoms with E-state index >= 15 is 0 Å². The Morgan fingerprint density at radius 3 is 2.50 bits per heavy atom. The van der Waals surface area contributed by atoms with Crippen LogP contribution in [0.3, 0.4) is 0 Å². The molecule has 0 aliphatic carbocycles. The highest BCUT2D eigenvalue weighted by molar-refractivity contribution is 6.31. The molecule has 0 fully saturated rings. The molecule has 1 unspecified atom stereocenters. The Bertz CT molecular complexity index is 629. The second-order valence-corrected chi connectivity index (χ2v) is 5.33. The van der Waals surface area contributed by atoms with Crippen LogP contribution in [0.2, 0.25) is 5.02 Å². The maximum Gasteiger partial charge on any atom is 0.315 e. The van der Waals surface area contributed by atoms with E-state index in [2.05, 4.69) is 10.6 Å². The third-order valence-electron chi connectivity index (χ3n) is 3.33. The van der Waals surface area contributed by atoms with Gasteiger partial charge >= 0.3 is 6.03 Å². The standard InChI is InChI=1S/C17H19ClN2O2/c1-12(15-5-3-4-6-16(15)18)20-17(21)19-11-13-7-9-14(22-2)10-8-13/h3-10,12H,11H2,1-2H3,(H2,19,20,21). The molecule has 5 heteroatoms. The van der Waals surface area contributed by atoms with Gasteiger partial charge in [-0.1, -0.05) is 41.9 Å². The Morgan fingerprint density at radius 1 is 1.18 bits per heavy atom. The van der Waals surface area contributed by atoms with E-state index in [4.69, 9.17) is 16.3 Å². The number of carbonyl (C=O) groups is 1. The fourth-order valence-electron chi connectivity index (χ4n) is 2.08. The molecule has 2 aromatic carbocycles. The molecule has 22 heavy (non-hydrogen) atoms. The van der Waals surface area contributed by atoms with Gasteiger partial charge in [0.05, 0.1) is 13.2 Å². The van der Waals surface area contributed by atoms with E-state index < -0.39 is 0 Å². The van der Waals surface area contributed by atoms with Crippen molar-refractivity contribution >= 4 is 17.6 Å². The molecule has 0 aliphatic rings. The zero-order valence-electron chi connectivity index (χ0n) is 12.6. The molecule has 0 saturated heterocycles. The number of nitrogens with one attached hydrogen (secondary N) is 2. The highest BCUT2D eigenvalue weighted by Gasteiger charge is 2.11. The summed E-state index contributed by atoms with van der Waals surface area (Å²) in [5.74, 6) is 0.792. The van der Waals surface area contributed by atoms with Crippen molar-refractivity contribution in [2.45, 2.75) is 19.5 Å². The van der Waals surface area contributed by atoms with Crippen LogP contribution in [0.25, 0.3) is 0 Å². The quantitative estimate of drug-likeness (QED) is 0.878. The number of ether oxygens (including phenoxy) is 1. The predicted octanol–water partition coefficient (Wildman–Crippen LogP) is 3.91. The Kier molecular flexibility index (Phi) is 5.67. The SMILES string of the molecule is COc1ccc(CNC(=O)NC(C)c2ccccc2Cl)cc1. The van der Waals surface area contributed by atoms with E-state index in [0.717, 1.165) is 16.9 Å². The summed E-state index contributed by atoms with van der Waals surface area (Å²) in [6.45, 7) is 2.35. The van der Waals surface area contributed by atoms with Crippen molar-refractivity contribution in [1.29, 1.82) is 0 Å². The summed E-state index contributed by atoms with van der Waals surface area (Å²) < 4.78 is 5.10. The lowest BCUT2D eigenvalue weighted by Crippen LogP contribution is -2.36. The Labute approximate surface area is 135 Å². The van der Waals surface area contributed by atoms with Crippen LogP contribution in [0, 0.1) is 0 Å². The molecule has 0 radical (unpaired) electrons. The van der Waals surface area contributed by atoms with Crippen LogP contribution < -0.4 is 15.4 Å². The molecule has 0 heterocycles. The number of halogens is 1. The summed E-state index contributed by atoms with van der Waals surface area (Å²) in [4.78, 5) is 11.9. The highest BCUT2D eigenvalue weighted by Crippen LogP contribution is 2.21. The monoisotopic (exact) mass is 318 g/mol. The second kappa shape index (κ2) is 7.71. The van der Waals surface area contributed by atoms with Crippen molar-refractivity contribution in [3.8, 4) is 5.75 Å². The van der Waals surface area contributed by atoms with E-state index in [1.807, 2.05) is 55.5 Å². The number of urea groups is 1. The minimum Gasteiger partial charge on any atom is -0.497 e. The highest BCUT2D eigenvalue weighted by atomic mass is 35.5. The van der Waals surface area contributed by atoms with Crippen molar-refractivity contribution in [1.82, 2.24) is 10.6 Å². The lowest BCUT2D eigenvalue weighted by Gasteiger charge is -2.16. The van der Waals surface area contributed by atoms with Crippen LogP contribution >= 0.6 is 11.6 Å². The van der Waals surface area contributed by atoms with Crippen LogP contribution in [0.5, 0.6) is 5.75 Å². The molecule has 116 valence electrons. The van der Waals surface area contributed by atoms with Gasteiger partial charge in [-0.25, -0.2) is 4.79 Å². The van der Waals surface area contributed by atoms with Crippen LogP contribution in [0.4, 0.5) is 4.79 Å². The number of hydrogen-bond donors (Lipinski definition) is 2. The lowest BCUT2D eigenvalue weighted by molar-refractivity contribution is 0.237. The van der Waals surface area contributed by atoms with Crippen LogP contribution in [-0.4, -0.2) is 13.1 Å². The van der Waals surface area contributed by atoms with Gasteiger partial charge < -0.3 is 15.4 Å². The third kappa shape index (κ3) is 4.40. The first-order valence-corrected chi connectivity index (χ1v) is 7.39. The molecular formula is C17H19ClN2O2. The summed E-state index contributed by atoms with van der Waals surface area (Å²) in [7, 11) is 1.62. The van der Waals surface area contributed by atoms with Gasteiger partial charge in [-0.05, 0) is 36.2 Å². The van der Waals surface area contributed by atoms with Crippen LogP contribution in [-0.2, 0) is 6.54 Å². The van der Waals surface area contributed by atoms with Crippen LogP contribution in [0.15, 0.2) is 48.5 Å². The molecule has 0 aliphatic heterocycles. The minimum absolute atomic E-state index is 0.162. The molecule has 0 bridgehead atoms. The van der Waals surface area contributed by atoms with Gasteiger partial charge in [0.1, 0.15) is 5.75 Å². The molecule has 4 nitrogen and oxygen atoms in total. The zero-order chi connectivity index (χ0) is 15.9. The first kappa shape index (κ1) is 16.2. The maximum absolute atomic E-state index is 11.9. The van der Waals surface area contributed by atoms with E-state index in [-0.39, 0.29) is 12.1 Å². The van der Waals surface area contributed by atoms with Gasteiger partial charge in [0, 0.05) is 11.6 Å². The fourth-order valence-corrected chi connectivity index (χ4v) is 2.38. The zero-order valence-corrected chi connectivity index (χ0v) is 13.4. The third-order valence-corrected chi connectivity index (χ3v) is 3.68. The predicted molar refractivity (Wildman–Crippen MR) is 88.2 cm³/mol. The molecule has 1 atom stereocenters. The van der Waals surface area contributed by atoms with Gasteiger partial charge in [0.15, 0.2) is 0 Å². The van der Waals surface area contributed by atoms with E-state index in [1.54, 1.807) is 7.11 Å². The van der Waals surface area contributed by atoms with Crippen LogP contribution in [0.1, 0.15) is 24.1 Å². The van der Waals surface area contributed by atoms with Crippen molar-refractivity contribution < 1.29 is 9.53 Å². The van der Waals surface area contributed by atoms with Gasteiger partial charge in [0.25, 0.3) is 0 Å². The normalized spacial score (nSPS) is 11.6. The van der Waals surface area contributed by atoms with Crippen molar-refractivity contribution in [2.75, 3.05) is 7.11 Å². The average molecular weight is 319 g/mol. The first-order chi connectivity index (χ1) is 10.6. The van der Waals surface area contributed by atoms with Gasteiger partial charge in [0.2, 0.25) is 0 Å². The lowest BCUT2D eigenvalue weighted by atomic mass is 10.1. The molecule has 2 N–H and O–H groups in total. The summed E-state index contributed by atoms with van der Waals surface area (Å²) in [5.41, 5.74) is 1.89. The molecular weight excluding hydrogens is 300 g/mol.